The topological polar surface area (TPSA) is 120 Å². The third-order valence-electron chi connectivity index (χ3n) is 3.43. The molecule has 0 aliphatic heterocycles. The van der Waals surface area contributed by atoms with E-state index in [-0.39, 0.29) is 33.6 Å². The van der Waals surface area contributed by atoms with Crippen molar-refractivity contribution in [3.8, 4) is 0 Å². The molecule has 0 unspecified atom stereocenters. The van der Waals surface area contributed by atoms with Crippen molar-refractivity contribution in [1.82, 2.24) is 10.6 Å². The molecule has 0 bridgehead atoms. The summed E-state index contributed by atoms with van der Waals surface area (Å²) in [5.74, 6) is -1.56. The van der Waals surface area contributed by atoms with E-state index < -0.39 is 132 Å². The Kier molecular flexibility index (Phi) is 8.88. The molecule has 2 amide bonds. The highest BCUT2D eigenvalue weighted by molar-refractivity contribution is 7.59. The molecule has 0 fully saturated rings. The number of hydrogen-bond donors (Lipinski definition) is 2. The lowest BCUT2D eigenvalue weighted by Crippen LogP contribution is -2.36. The number of benzene rings is 2. The van der Waals surface area contributed by atoms with Crippen LogP contribution in [-0.2, 0) is 23.8 Å². The summed E-state index contributed by atoms with van der Waals surface area (Å²) >= 11 is 0. The molecular weight excluding hydrogens is 564 g/mol. The Bertz CT molecular complexity index is 1840. The Labute approximate surface area is 281 Å². The van der Waals surface area contributed by atoms with Gasteiger partial charge in [0.05, 0.1) is 41.5 Å². The van der Waals surface area contributed by atoms with E-state index in [2.05, 4.69) is 4.74 Å². The van der Waals surface area contributed by atoms with Crippen LogP contribution in [0.4, 0.5) is 9.59 Å². The first-order valence-corrected chi connectivity index (χ1v) is 11.3. The molecule has 0 saturated heterocycles. The Balaban J connectivity index is 0. The van der Waals surface area contributed by atoms with E-state index in [1.54, 1.807) is 5.32 Å². The second-order valence-corrected chi connectivity index (χ2v) is 9.08. The number of hydrogen-bond acceptors (Lipinski definition) is 7. The fourth-order valence-electron chi connectivity index (χ4n) is 2.19. The molecule has 11 heteroatoms. The summed E-state index contributed by atoms with van der Waals surface area (Å²) in [5, 5.41) is 3.63. The van der Waals surface area contributed by atoms with Gasteiger partial charge in [0, 0.05) is 11.9 Å². The molecule has 2 atom stereocenters. The highest BCUT2D eigenvalue weighted by atomic mass is 32.1. The van der Waals surface area contributed by atoms with Crippen molar-refractivity contribution in [3.63, 3.8) is 0 Å². The number of aldehydes is 1. The second kappa shape index (κ2) is 19.8. The maximum absolute atomic E-state index is 12.3. The smallest absolute Gasteiger partial charge is 0.408 e. The molecule has 2 rings (SSSR count). The predicted molar refractivity (Wildman–Crippen MR) is 170 cm³/mol. The zero-order valence-corrected chi connectivity index (χ0v) is 25.6. The van der Waals surface area contributed by atoms with Crippen LogP contribution in [0.5, 0.6) is 0 Å². The van der Waals surface area contributed by atoms with Crippen LogP contribution in [0.15, 0.2) is 60.4 Å². The fraction of sp³-hybridized carbons (Fsp3) is 0.467. The standard InChI is InChI=1S/C16H23NO4.C14H19NO3.2H2S/c1-5-20-14(18)11-13(12-9-7-6-8-10-12)17-15(19)21-16(2,3)4;1-14(2,3)18-13(17)15-12(9-10-16)11-7-5-4-6-8-11;;/h6-10,13H,5,11H2,1-4H3,(H,17,19);4-8,10,12H,9H2,1-3H3,(H,15,17);2*1H2/t13-;12-;;/m00../s1/i6D,7D,8D,9D,10D,11D2,13D;4D,5D,6D,7D,8D,9D2,10D,12D;;. The number of amides is 2. The summed E-state index contributed by atoms with van der Waals surface area (Å²) in [7, 11) is 0. The van der Waals surface area contributed by atoms with Gasteiger partial charge in [0.1, 0.15) is 18.8 Å². The van der Waals surface area contributed by atoms with Gasteiger partial charge in [0.15, 0.2) is 0 Å². The number of esters is 1. The molecule has 9 nitrogen and oxygen atoms in total. The summed E-state index contributed by atoms with van der Waals surface area (Å²) in [6.07, 6.45) is -11.4. The average molecular weight is 628 g/mol. The van der Waals surface area contributed by atoms with E-state index in [0.717, 1.165) is 0 Å². The molecule has 0 aliphatic carbocycles. The minimum Gasteiger partial charge on any atom is -0.466 e. The molecule has 0 aliphatic rings. The van der Waals surface area contributed by atoms with E-state index in [1.807, 2.05) is 5.32 Å². The van der Waals surface area contributed by atoms with Crippen molar-refractivity contribution in [2.45, 2.75) is 84.4 Å². The lowest BCUT2D eigenvalue weighted by atomic mass is 10.0. The Hall–Kier alpha value is -3.18. The van der Waals surface area contributed by atoms with Gasteiger partial charge in [-0.25, -0.2) is 9.59 Å². The zero-order chi connectivity index (χ0) is 44.5. The van der Waals surface area contributed by atoms with E-state index in [1.165, 1.54) is 48.5 Å². The third kappa shape index (κ3) is 18.7. The molecule has 0 aromatic heterocycles. The minimum absolute atomic E-state index is 0. The number of nitrogens with one attached hydrogen (secondary N) is 2. The highest BCUT2D eigenvalue weighted by Crippen LogP contribution is 2.19. The Morgan fingerprint density at radius 2 is 1.24 bits per heavy atom. The van der Waals surface area contributed by atoms with E-state index in [0.29, 0.717) is 0 Å². The quantitative estimate of drug-likeness (QED) is 0.191. The summed E-state index contributed by atoms with van der Waals surface area (Å²) in [6.45, 7) is 10.1. The molecule has 230 valence electrons. The number of carbonyl (C=O) groups is 4. The van der Waals surface area contributed by atoms with Gasteiger partial charge in [-0.1, -0.05) is 60.4 Å². The lowest BCUT2D eigenvalue weighted by Gasteiger charge is -2.23. The summed E-state index contributed by atoms with van der Waals surface area (Å²) in [5.41, 5.74) is -4.05. The molecule has 0 saturated carbocycles. The van der Waals surface area contributed by atoms with Crippen molar-refractivity contribution < 1.29 is 56.7 Å². The van der Waals surface area contributed by atoms with E-state index >= 15 is 0 Å². The van der Waals surface area contributed by atoms with Gasteiger partial charge in [0.25, 0.3) is 0 Å². The highest BCUT2D eigenvalue weighted by Gasteiger charge is 2.23. The first kappa shape index (κ1) is 18.4. The van der Waals surface area contributed by atoms with Gasteiger partial charge in [-0.3, -0.25) is 4.79 Å². The van der Waals surface area contributed by atoms with Gasteiger partial charge >= 0.3 is 18.2 Å². The molecule has 2 aromatic carbocycles. The molecule has 2 N–H and O–H groups in total. The molecule has 0 spiro atoms. The maximum Gasteiger partial charge on any atom is 0.408 e. The zero-order valence-electron chi connectivity index (χ0n) is 40.6. The fourth-order valence-corrected chi connectivity index (χ4v) is 2.19. The minimum atomic E-state index is -3.46. The largest absolute Gasteiger partial charge is 0.466 e. The van der Waals surface area contributed by atoms with Gasteiger partial charge in [-0.15, -0.1) is 0 Å². The second-order valence-electron chi connectivity index (χ2n) is 9.08. The summed E-state index contributed by atoms with van der Waals surface area (Å²) in [4.78, 5) is 48.2. The van der Waals surface area contributed by atoms with E-state index in [9.17, 15) is 19.2 Å². The van der Waals surface area contributed by atoms with Crippen molar-refractivity contribution in [2.24, 2.45) is 0 Å². The molecule has 0 radical (unpaired) electrons. The first-order chi connectivity index (χ1) is 25.0. The van der Waals surface area contributed by atoms with Crippen LogP contribution in [0, 0.1) is 0 Å². The van der Waals surface area contributed by atoms with Crippen molar-refractivity contribution in [3.05, 3.63) is 71.6 Å². The van der Waals surface area contributed by atoms with Gasteiger partial charge < -0.3 is 29.6 Å². The number of rotatable bonds is 9. The maximum atomic E-state index is 12.3. The molecule has 41 heavy (non-hydrogen) atoms. The number of ether oxygens (including phenoxy) is 3. The Morgan fingerprint density at radius 3 is 1.61 bits per heavy atom. The van der Waals surface area contributed by atoms with Crippen molar-refractivity contribution in [2.75, 3.05) is 6.61 Å². The molecule has 0 heterocycles. The van der Waals surface area contributed by atoms with Crippen LogP contribution in [0.2, 0.25) is 0 Å². The monoisotopic (exact) mass is 627 g/mol. The Morgan fingerprint density at radius 1 is 0.854 bits per heavy atom. The number of carbonyl (C=O) groups excluding carboxylic acids is 4. The van der Waals surface area contributed by atoms with Crippen LogP contribution in [0.25, 0.3) is 0 Å². The average Bonchev–Trinajstić information content (AvgIpc) is 3.02. The van der Waals surface area contributed by atoms with Gasteiger partial charge in [-0.2, -0.15) is 27.0 Å². The lowest BCUT2D eigenvalue weighted by molar-refractivity contribution is -0.143. The van der Waals surface area contributed by atoms with Gasteiger partial charge in [-0.05, 0) is 59.6 Å². The first-order valence-electron chi connectivity index (χ1n) is 19.8. The van der Waals surface area contributed by atoms with Crippen LogP contribution in [-0.4, -0.2) is 42.2 Å². The number of alkyl carbamates (subject to hydrolysis) is 2. The predicted octanol–water partition coefficient (Wildman–Crippen LogP) is 6.27. The molecule has 2 aromatic rings. The van der Waals surface area contributed by atoms with Crippen molar-refractivity contribution >= 4 is 51.4 Å². The van der Waals surface area contributed by atoms with Crippen LogP contribution in [0.3, 0.4) is 0 Å². The SMILES string of the molecule is S.S.[2H]C(=O)C([2H])([2H])[C@]([2H])(NC(=O)OC(C)(C)C)c1c([2H])c([2H])c([2H])c([2H])c1[2H].[2H]c1c([2H])c([2H])c([C@@]([2H])(NC(=O)OC(C)(C)C)C([2H])([2H])C(=O)OCC)c([2H])c1[2H]. The van der Waals surface area contributed by atoms with Crippen LogP contribution >= 0.6 is 27.0 Å². The van der Waals surface area contributed by atoms with Crippen LogP contribution in [0.1, 0.15) is 108 Å². The summed E-state index contributed by atoms with van der Waals surface area (Å²) in [6, 6.07) is -15.3. The van der Waals surface area contributed by atoms with E-state index in [4.69, 9.17) is 32.8 Å². The summed E-state index contributed by atoms with van der Waals surface area (Å²) < 4.78 is 149. The van der Waals surface area contributed by atoms with Gasteiger partial charge in [0.2, 0.25) is 0 Å². The van der Waals surface area contributed by atoms with Crippen LogP contribution < -0.4 is 10.6 Å². The molecular formula is C30H46N2O7S2. The third-order valence-corrected chi connectivity index (χ3v) is 3.43. The van der Waals surface area contributed by atoms with Crippen molar-refractivity contribution in [1.29, 1.82) is 0 Å². The normalized spacial score (nSPS) is 20.0.